The van der Waals surface area contributed by atoms with Crippen molar-refractivity contribution in [1.29, 1.82) is 0 Å². The Labute approximate surface area is 156 Å². The van der Waals surface area contributed by atoms with Gasteiger partial charge in [-0.15, -0.1) is 0 Å². The molecule has 144 valence electrons. The summed E-state index contributed by atoms with van der Waals surface area (Å²) in [6.45, 7) is -0.489. The monoisotopic (exact) mass is 374 g/mol. The van der Waals surface area contributed by atoms with Crippen molar-refractivity contribution >= 4 is 23.7 Å². The van der Waals surface area contributed by atoms with Gasteiger partial charge in [-0.05, 0) is 25.0 Å². The third kappa shape index (κ3) is 3.79. The highest BCUT2D eigenvalue weighted by Gasteiger charge is 2.52. The molecule has 0 radical (unpaired) electrons. The second kappa shape index (κ2) is 7.77. The molecule has 0 unspecified atom stereocenters. The number of Topliss-reactive ketones (excluding diaryl/α,β-unsaturated/α-hetero) is 1. The summed E-state index contributed by atoms with van der Waals surface area (Å²) in [6, 6.07) is 6.18. The molecule has 1 aromatic rings. The molecule has 0 bridgehead atoms. The van der Waals surface area contributed by atoms with E-state index >= 15 is 0 Å². The summed E-state index contributed by atoms with van der Waals surface area (Å²) in [6.07, 6.45) is 2.90. The number of methoxy groups -OCH3 is 1. The molecule has 1 aliphatic heterocycles. The van der Waals surface area contributed by atoms with Crippen molar-refractivity contribution in [3.05, 3.63) is 29.8 Å². The predicted octanol–water partition coefficient (Wildman–Crippen LogP) is 1.68. The van der Waals surface area contributed by atoms with E-state index in [2.05, 4.69) is 5.32 Å². The van der Waals surface area contributed by atoms with E-state index in [9.17, 15) is 19.2 Å². The van der Waals surface area contributed by atoms with Crippen molar-refractivity contribution in [3.63, 3.8) is 0 Å². The number of imide groups is 1. The second-order valence-corrected chi connectivity index (χ2v) is 6.71. The molecule has 3 amide bonds. The first-order valence-corrected chi connectivity index (χ1v) is 8.93. The zero-order chi connectivity index (χ0) is 19.4. The number of hydrogen-bond acceptors (Lipinski definition) is 6. The maximum atomic E-state index is 12.5. The quantitative estimate of drug-likeness (QED) is 0.443. The van der Waals surface area contributed by atoms with Crippen LogP contribution in [0.2, 0.25) is 0 Å². The largest absolute Gasteiger partial charge is 0.496 e. The lowest BCUT2D eigenvalue weighted by atomic mass is 9.98. The Bertz CT molecular complexity index is 769. The molecule has 1 N–H and O–H groups in total. The van der Waals surface area contributed by atoms with E-state index in [4.69, 9.17) is 9.47 Å². The van der Waals surface area contributed by atoms with E-state index < -0.39 is 24.1 Å². The van der Waals surface area contributed by atoms with E-state index in [1.165, 1.54) is 7.11 Å². The number of carbonyl (C=O) groups is 4. The number of benzene rings is 1. The fourth-order valence-electron chi connectivity index (χ4n) is 3.57. The van der Waals surface area contributed by atoms with Crippen molar-refractivity contribution in [2.24, 2.45) is 0 Å². The molecule has 0 atom stereocenters. The van der Waals surface area contributed by atoms with Crippen molar-refractivity contribution < 1.29 is 28.7 Å². The minimum Gasteiger partial charge on any atom is -0.496 e. The van der Waals surface area contributed by atoms with Gasteiger partial charge in [-0.1, -0.05) is 25.0 Å². The summed E-state index contributed by atoms with van der Waals surface area (Å²) in [5.41, 5.74) is -0.467. The maximum Gasteiger partial charge on any atom is 0.325 e. The Morgan fingerprint density at radius 2 is 1.89 bits per heavy atom. The first-order valence-electron chi connectivity index (χ1n) is 8.93. The molecule has 27 heavy (non-hydrogen) atoms. The summed E-state index contributed by atoms with van der Waals surface area (Å²) in [5.74, 6) is -0.908. The normalized spacial score (nSPS) is 17.9. The number of para-hydroxylation sites is 1. The Kier molecular flexibility index (Phi) is 5.43. The number of esters is 1. The average Bonchev–Trinajstić information content (AvgIpc) is 3.23. The van der Waals surface area contributed by atoms with Gasteiger partial charge in [0.05, 0.1) is 19.1 Å². The number of carbonyl (C=O) groups excluding carboxylic acids is 4. The highest BCUT2D eigenvalue weighted by molar-refractivity contribution is 6.07. The van der Waals surface area contributed by atoms with Crippen LogP contribution in [-0.4, -0.2) is 54.4 Å². The lowest BCUT2D eigenvalue weighted by Gasteiger charge is -2.19. The number of ether oxygens (including phenoxy) is 2. The molecule has 1 aliphatic carbocycles. The minimum atomic E-state index is -0.791. The number of ketones is 1. The van der Waals surface area contributed by atoms with Gasteiger partial charge in [0, 0.05) is 6.54 Å². The molecule has 8 nitrogen and oxygen atoms in total. The highest BCUT2D eigenvalue weighted by atomic mass is 16.5. The number of nitrogens with one attached hydrogen (secondary N) is 1. The van der Waals surface area contributed by atoms with Gasteiger partial charge in [0.2, 0.25) is 5.78 Å². The fraction of sp³-hybridized carbons (Fsp3) is 0.474. The SMILES string of the molecule is COc1ccccc1C(=O)COC(=O)CCN1C(=O)NC2(CCCC2)C1=O. The topological polar surface area (TPSA) is 102 Å². The molecular formula is C19H22N2O6. The molecule has 2 aliphatic rings. The Balaban J connectivity index is 1.49. The third-order valence-electron chi connectivity index (χ3n) is 5.01. The van der Waals surface area contributed by atoms with Crippen LogP contribution in [0.1, 0.15) is 42.5 Å². The molecule has 0 aromatic heterocycles. The van der Waals surface area contributed by atoms with E-state index in [0.717, 1.165) is 17.7 Å². The summed E-state index contributed by atoms with van der Waals surface area (Å²) in [5, 5.41) is 2.75. The summed E-state index contributed by atoms with van der Waals surface area (Å²) in [7, 11) is 1.45. The van der Waals surface area contributed by atoms with Crippen LogP contribution in [0.15, 0.2) is 24.3 Å². The molecule has 1 saturated carbocycles. The second-order valence-electron chi connectivity index (χ2n) is 6.71. The van der Waals surface area contributed by atoms with Crippen LogP contribution in [0.5, 0.6) is 5.75 Å². The highest BCUT2D eigenvalue weighted by Crippen LogP contribution is 2.35. The first kappa shape index (κ1) is 18.9. The Morgan fingerprint density at radius 1 is 1.19 bits per heavy atom. The molecule has 2 fully saturated rings. The van der Waals surface area contributed by atoms with Gasteiger partial charge in [0.25, 0.3) is 5.91 Å². The fourth-order valence-corrected chi connectivity index (χ4v) is 3.57. The molecule has 1 saturated heterocycles. The lowest BCUT2D eigenvalue weighted by Crippen LogP contribution is -2.44. The van der Waals surface area contributed by atoms with Crippen molar-refractivity contribution in [2.75, 3.05) is 20.3 Å². The van der Waals surface area contributed by atoms with Crippen molar-refractivity contribution in [2.45, 2.75) is 37.6 Å². The van der Waals surface area contributed by atoms with Crippen molar-refractivity contribution in [3.8, 4) is 5.75 Å². The minimum absolute atomic E-state index is 0.0614. The molecule has 3 rings (SSSR count). The van der Waals surface area contributed by atoms with E-state index in [1.54, 1.807) is 24.3 Å². The molecular weight excluding hydrogens is 352 g/mol. The third-order valence-corrected chi connectivity index (χ3v) is 5.01. The average molecular weight is 374 g/mol. The maximum absolute atomic E-state index is 12.5. The number of amides is 3. The Morgan fingerprint density at radius 3 is 2.59 bits per heavy atom. The molecule has 1 heterocycles. The van der Waals surface area contributed by atoms with Gasteiger partial charge in [0.1, 0.15) is 11.3 Å². The summed E-state index contributed by atoms with van der Waals surface area (Å²) in [4.78, 5) is 49.7. The van der Waals surface area contributed by atoms with E-state index in [1.807, 2.05) is 0 Å². The molecule has 8 heteroatoms. The number of nitrogens with zero attached hydrogens (tertiary/aromatic N) is 1. The lowest BCUT2D eigenvalue weighted by molar-refractivity contribution is -0.143. The van der Waals surface area contributed by atoms with Gasteiger partial charge >= 0.3 is 12.0 Å². The van der Waals surface area contributed by atoms with Gasteiger partial charge in [0.15, 0.2) is 6.61 Å². The summed E-state index contributed by atoms with van der Waals surface area (Å²) >= 11 is 0. The zero-order valence-electron chi connectivity index (χ0n) is 15.2. The first-order chi connectivity index (χ1) is 13.0. The van der Waals surface area contributed by atoms with Gasteiger partial charge < -0.3 is 14.8 Å². The smallest absolute Gasteiger partial charge is 0.325 e. The van der Waals surface area contributed by atoms with Crippen LogP contribution in [0, 0.1) is 0 Å². The number of rotatable bonds is 7. The van der Waals surface area contributed by atoms with Gasteiger partial charge in [-0.2, -0.15) is 0 Å². The van der Waals surface area contributed by atoms with Crippen LogP contribution < -0.4 is 10.1 Å². The molecule has 1 spiro atoms. The van der Waals surface area contributed by atoms with Crippen LogP contribution in [-0.2, 0) is 14.3 Å². The van der Waals surface area contributed by atoms with E-state index in [0.29, 0.717) is 24.2 Å². The van der Waals surface area contributed by atoms with Crippen LogP contribution in [0.3, 0.4) is 0 Å². The number of hydrogen-bond donors (Lipinski definition) is 1. The Hall–Kier alpha value is -2.90. The van der Waals surface area contributed by atoms with Gasteiger partial charge in [-0.25, -0.2) is 4.79 Å². The van der Waals surface area contributed by atoms with Crippen LogP contribution >= 0.6 is 0 Å². The molecule has 1 aromatic carbocycles. The number of urea groups is 1. The van der Waals surface area contributed by atoms with Crippen LogP contribution in [0.25, 0.3) is 0 Å². The van der Waals surface area contributed by atoms with Crippen LogP contribution in [0.4, 0.5) is 4.79 Å². The predicted molar refractivity (Wildman–Crippen MR) is 94.3 cm³/mol. The van der Waals surface area contributed by atoms with Crippen molar-refractivity contribution in [1.82, 2.24) is 10.2 Å². The standard InChI is InChI=1S/C19H22N2O6/c1-26-15-7-3-2-6-13(15)14(22)12-27-16(23)8-11-21-17(24)19(20-18(21)25)9-4-5-10-19/h2-3,6-7H,4-5,8-12H2,1H3,(H,20,25). The van der Waals surface area contributed by atoms with Gasteiger partial charge in [-0.3, -0.25) is 19.3 Å². The van der Waals surface area contributed by atoms with E-state index in [-0.39, 0.29) is 24.7 Å². The summed E-state index contributed by atoms with van der Waals surface area (Å²) < 4.78 is 10.1. The zero-order valence-corrected chi connectivity index (χ0v) is 15.2.